The van der Waals surface area contributed by atoms with E-state index in [9.17, 15) is 4.79 Å². The molecule has 0 aliphatic carbocycles. The third kappa shape index (κ3) is 5.37. The van der Waals surface area contributed by atoms with Crippen molar-refractivity contribution in [3.63, 3.8) is 0 Å². The van der Waals surface area contributed by atoms with E-state index < -0.39 is 0 Å². The summed E-state index contributed by atoms with van der Waals surface area (Å²) in [5.41, 5.74) is 1.78. The van der Waals surface area contributed by atoms with Gasteiger partial charge in [-0.05, 0) is 42.8 Å². The van der Waals surface area contributed by atoms with Crippen molar-refractivity contribution in [2.45, 2.75) is 24.5 Å². The van der Waals surface area contributed by atoms with Gasteiger partial charge in [0.1, 0.15) is 5.76 Å². The average Bonchev–Trinajstić information content (AvgIpc) is 3.46. The number of hydrogen-bond acceptors (Lipinski definition) is 5. The molecule has 0 atom stereocenters. The molecule has 0 saturated carbocycles. The molecule has 0 unspecified atom stereocenters. The van der Waals surface area contributed by atoms with Crippen molar-refractivity contribution in [1.82, 2.24) is 20.1 Å². The average molecular weight is 453 g/mol. The lowest BCUT2D eigenvalue weighted by Crippen LogP contribution is -2.22. The highest BCUT2D eigenvalue weighted by atomic mass is 35.5. The molecule has 6 nitrogen and oxygen atoms in total. The molecule has 0 bridgehead atoms. The van der Waals surface area contributed by atoms with Crippen LogP contribution in [0.5, 0.6) is 0 Å². The van der Waals surface area contributed by atoms with Gasteiger partial charge in [-0.25, -0.2) is 0 Å². The Morgan fingerprint density at radius 2 is 1.84 bits per heavy atom. The number of carbonyl (C=O) groups excluding carboxylic acids is 1. The van der Waals surface area contributed by atoms with Crippen LogP contribution in [0.25, 0.3) is 17.1 Å². The maximum absolute atomic E-state index is 12.1. The third-order valence-electron chi connectivity index (χ3n) is 4.58. The Kier molecular flexibility index (Phi) is 7.07. The van der Waals surface area contributed by atoms with Crippen molar-refractivity contribution >= 4 is 29.3 Å². The van der Waals surface area contributed by atoms with Crippen molar-refractivity contribution in [2.75, 3.05) is 5.75 Å². The van der Waals surface area contributed by atoms with Crippen LogP contribution < -0.4 is 5.32 Å². The highest BCUT2D eigenvalue weighted by Crippen LogP contribution is 2.32. The van der Waals surface area contributed by atoms with E-state index >= 15 is 0 Å². The van der Waals surface area contributed by atoms with Crippen molar-refractivity contribution in [3.05, 3.63) is 83.8 Å². The summed E-state index contributed by atoms with van der Waals surface area (Å²) in [6.07, 6.45) is 2.75. The van der Waals surface area contributed by atoms with Crippen LogP contribution in [-0.4, -0.2) is 26.4 Å². The van der Waals surface area contributed by atoms with Gasteiger partial charge in [-0.1, -0.05) is 53.7 Å². The Morgan fingerprint density at radius 1 is 1.03 bits per heavy atom. The molecule has 1 amide bonds. The second kappa shape index (κ2) is 10.3. The number of amides is 1. The summed E-state index contributed by atoms with van der Waals surface area (Å²) in [6.45, 7) is 0.405. The summed E-state index contributed by atoms with van der Waals surface area (Å²) >= 11 is 7.99. The zero-order valence-corrected chi connectivity index (χ0v) is 18.3. The summed E-state index contributed by atoms with van der Waals surface area (Å²) < 4.78 is 7.23. The summed E-state index contributed by atoms with van der Waals surface area (Å²) in [4.78, 5) is 12.1. The van der Waals surface area contributed by atoms with Crippen molar-refractivity contribution in [2.24, 2.45) is 0 Å². The Hall–Kier alpha value is -3.03. The molecule has 0 fully saturated rings. The Labute approximate surface area is 189 Å². The predicted molar refractivity (Wildman–Crippen MR) is 122 cm³/mol. The Balaban J connectivity index is 1.42. The number of nitrogens with zero attached hydrogens (tertiary/aromatic N) is 3. The molecule has 1 N–H and O–H groups in total. The maximum atomic E-state index is 12.1. The van der Waals surface area contributed by atoms with Crippen LogP contribution in [0, 0.1) is 0 Å². The second-order valence-electron chi connectivity index (χ2n) is 6.77. The van der Waals surface area contributed by atoms with E-state index in [1.54, 1.807) is 24.1 Å². The van der Waals surface area contributed by atoms with E-state index in [4.69, 9.17) is 16.0 Å². The molecule has 4 aromatic rings. The van der Waals surface area contributed by atoms with E-state index in [2.05, 4.69) is 15.5 Å². The fourth-order valence-electron chi connectivity index (χ4n) is 3.07. The summed E-state index contributed by atoms with van der Waals surface area (Å²) in [6, 6.07) is 21.2. The lowest BCUT2D eigenvalue weighted by molar-refractivity contribution is -0.121. The third-order valence-corrected chi connectivity index (χ3v) is 5.93. The molecule has 0 radical (unpaired) electrons. The molecule has 2 heterocycles. The minimum Gasteiger partial charge on any atom is -0.467 e. The van der Waals surface area contributed by atoms with Gasteiger partial charge in [0.2, 0.25) is 5.91 Å². The fourth-order valence-corrected chi connectivity index (χ4v) is 4.18. The first-order valence-electron chi connectivity index (χ1n) is 9.90. The molecule has 0 saturated heterocycles. The molecule has 2 aromatic carbocycles. The molecule has 158 valence electrons. The molecule has 0 aliphatic heterocycles. The van der Waals surface area contributed by atoms with Crippen LogP contribution in [0.15, 0.2) is 82.6 Å². The number of carbonyl (C=O) groups is 1. The number of thioether (sulfide) groups is 1. The number of para-hydroxylation sites is 1. The normalized spacial score (nSPS) is 10.9. The van der Waals surface area contributed by atoms with Gasteiger partial charge in [-0.15, -0.1) is 10.2 Å². The van der Waals surface area contributed by atoms with E-state index in [1.807, 2.05) is 65.2 Å². The summed E-state index contributed by atoms with van der Waals surface area (Å²) in [5, 5.41) is 13.1. The van der Waals surface area contributed by atoms with Crippen LogP contribution in [0.4, 0.5) is 0 Å². The number of hydrogen-bond donors (Lipinski definition) is 1. The van der Waals surface area contributed by atoms with Crippen LogP contribution >= 0.6 is 23.4 Å². The molecule has 0 aliphatic rings. The first-order chi connectivity index (χ1) is 15.2. The Morgan fingerprint density at radius 3 is 2.61 bits per heavy atom. The molecule has 31 heavy (non-hydrogen) atoms. The van der Waals surface area contributed by atoms with E-state index in [1.165, 1.54) is 0 Å². The van der Waals surface area contributed by atoms with Crippen LogP contribution in [0.3, 0.4) is 0 Å². The number of nitrogens with one attached hydrogen (secondary N) is 1. The first kappa shape index (κ1) is 21.2. The number of rotatable bonds is 9. The highest BCUT2D eigenvalue weighted by molar-refractivity contribution is 7.99. The fraction of sp³-hybridized carbons (Fsp3) is 0.174. The van der Waals surface area contributed by atoms with Crippen LogP contribution in [0.2, 0.25) is 5.02 Å². The number of benzene rings is 2. The molecule has 8 heteroatoms. The van der Waals surface area contributed by atoms with Crippen LogP contribution in [0.1, 0.15) is 18.6 Å². The molecule has 0 spiro atoms. The zero-order valence-electron chi connectivity index (χ0n) is 16.7. The quantitative estimate of drug-likeness (QED) is 0.273. The largest absolute Gasteiger partial charge is 0.467 e. The smallest absolute Gasteiger partial charge is 0.220 e. The minimum absolute atomic E-state index is 0.00159. The topological polar surface area (TPSA) is 73.0 Å². The van der Waals surface area contributed by atoms with Gasteiger partial charge >= 0.3 is 0 Å². The van der Waals surface area contributed by atoms with Gasteiger partial charge in [0.05, 0.1) is 17.8 Å². The monoisotopic (exact) mass is 452 g/mol. The van der Waals surface area contributed by atoms with Crippen molar-refractivity contribution in [1.29, 1.82) is 0 Å². The number of halogens is 1. The molecular weight excluding hydrogens is 432 g/mol. The minimum atomic E-state index is -0.00159. The van der Waals surface area contributed by atoms with Gasteiger partial charge in [-0.3, -0.25) is 9.36 Å². The molecule has 4 rings (SSSR count). The lowest BCUT2D eigenvalue weighted by atomic mass is 10.2. The van der Waals surface area contributed by atoms with E-state index in [0.29, 0.717) is 23.8 Å². The summed E-state index contributed by atoms with van der Waals surface area (Å²) in [5.74, 6) is 2.17. The van der Waals surface area contributed by atoms with Gasteiger partial charge in [0.15, 0.2) is 11.0 Å². The molecular formula is C23H21ClN4O2S. The van der Waals surface area contributed by atoms with Gasteiger partial charge < -0.3 is 9.73 Å². The number of aromatic nitrogens is 3. The first-order valence-corrected chi connectivity index (χ1v) is 11.3. The number of furan rings is 1. The summed E-state index contributed by atoms with van der Waals surface area (Å²) in [7, 11) is 0. The lowest BCUT2D eigenvalue weighted by Gasteiger charge is -2.11. The second-order valence-corrected chi connectivity index (χ2v) is 8.23. The van der Waals surface area contributed by atoms with Crippen molar-refractivity contribution in [3.8, 4) is 17.1 Å². The van der Waals surface area contributed by atoms with Crippen molar-refractivity contribution < 1.29 is 9.21 Å². The van der Waals surface area contributed by atoms with Gasteiger partial charge in [-0.2, -0.15) is 0 Å². The van der Waals surface area contributed by atoms with E-state index in [0.717, 1.165) is 34.3 Å². The standard InChI is InChI=1S/C23H21ClN4O2S/c24-20-12-5-4-11-19(20)22-26-27-23(28(22)17-8-2-1-3-9-17)31-15-7-13-21(29)25-16-18-10-6-14-30-18/h1-6,8-12,14H,7,13,15-16H2,(H,25,29). The zero-order chi connectivity index (χ0) is 21.5. The Bertz CT molecular complexity index is 1130. The molecule has 2 aromatic heterocycles. The SMILES string of the molecule is O=C(CCCSc1nnc(-c2ccccc2Cl)n1-c1ccccc1)NCc1ccco1. The maximum Gasteiger partial charge on any atom is 0.220 e. The van der Waals surface area contributed by atoms with Gasteiger partial charge in [0, 0.05) is 23.4 Å². The predicted octanol–water partition coefficient (Wildman–Crippen LogP) is 5.37. The van der Waals surface area contributed by atoms with Gasteiger partial charge in [0.25, 0.3) is 0 Å². The van der Waals surface area contributed by atoms with Crippen LogP contribution in [-0.2, 0) is 11.3 Å². The van der Waals surface area contributed by atoms with E-state index in [-0.39, 0.29) is 5.91 Å². The highest BCUT2D eigenvalue weighted by Gasteiger charge is 2.18.